The van der Waals surface area contributed by atoms with Gasteiger partial charge in [-0.05, 0) is 31.7 Å². The van der Waals surface area contributed by atoms with Crippen LogP contribution in [-0.2, 0) is 4.79 Å². The molecule has 0 bridgehead atoms. The van der Waals surface area contributed by atoms with Gasteiger partial charge >= 0.3 is 0 Å². The highest BCUT2D eigenvalue weighted by Crippen LogP contribution is 2.28. The highest BCUT2D eigenvalue weighted by atomic mass is 16.1. The van der Waals surface area contributed by atoms with E-state index in [0.29, 0.717) is 11.7 Å². The van der Waals surface area contributed by atoms with Crippen molar-refractivity contribution in [1.82, 2.24) is 0 Å². The molecule has 1 aromatic carbocycles. The van der Waals surface area contributed by atoms with E-state index in [1.807, 2.05) is 13.8 Å². The molecule has 0 amide bonds. The summed E-state index contributed by atoms with van der Waals surface area (Å²) in [5.74, 6) is 1.01. The summed E-state index contributed by atoms with van der Waals surface area (Å²) in [4.78, 5) is 11.9. The molecule has 1 nitrogen and oxygen atoms in total. The van der Waals surface area contributed by atoms with Crippen molar-refractivity contribution in [1.29, 1.82) is 0 Å². The third kappa shape index (κ3) is 8.04. The SMILES string of the molecule is CC.CCCCCC(C)CC(C(C)=O)c1cccc(C)c1. The first kappa shape index (κ1) is 19.9. The van der Waals surface area contributed by atoms with Crippen molar-refractivity contribution in [3.63, 3.8) is 0 Å². The highest BCUT2D eigenvalue weighted by molar-refractivity contribution is 5.83. The molecule has 120 valence electrons. The topological polar surface area (TPSA) is 17.1 Å². The molecule has 0 aromatic heterocycles. The standard InChI is InChI=1S/C18H28O.C2H6/c1-5-6-7-9-15(3)13-18(16(4)19)17-11-8-10-14(2)12-17;1-2/h8,10-12,15,18H,5-7,9,13H2,1-4H3;1-2H3. The van der Waals surface area contributed by atoms with Crippen LogP contribution < -0.4 is 0 Å². The van der Waals surface area contributed by atoms with E-state index < -0.39 is 0 Å². The zero-order chi connectivity index (χ0) is 16.3. The monoisotopic (exact) mass is 290 g/mol. The summed E-state index contributed by atoms with van der Waals surface area (Å²) in [5.41, 5.74) is 2.43. The predicted molar refractivity (Wildman–Crippen MR) is 93.9 cm³/mol. The third-order valence-electron chi connectivity index (χ3n) is 3.87. The number of hydrogen-bond donors (Lipinski definition) is 0. The van der Waals surface area contributed by atoms with Crippen LogP contribution in [0, 0.1) is 12.8 Å². The van der Waals surface area contributed by atoms with E-state index in [-0.39, 0.29) is 5.92 Å². The van der Waals surface area contributed by atoms with Gasteiger partial charge < -0.3 is 0 Å². The Kier molecular flexibility index (Phi) is 10.9. The normalized spacial score (nSPS) is 13.0. The summed E-state index contributed by atoms with van der Waals surface area (Å²) in [6.07, 6.45) is 6.09. The zero-order valence-electron chi connectivity index (χ0n) is 14.9. The average molecular weight is 290 g/mol. The first-order valence-corrected chi connectivity index (χ1v) is 8.61. The Balaban J connectivity index is 0.00000191. The van der Waals surface area contributed by atoms with Gasteiger partial charge in [-0.3, -0.25) is 4.79 Å². The maximum atomic E-state index is 11.9. The molecule has 0 aliphatic heterocycles. The van der Waals surface area contributed by atoms with Crippen molar-refractivity contribution in [2.45, 2.75) is 79.6 Å². The lowest BCUT2D eigenvalue weighted by Gasteiger charge is -2.19. The molecule has 0 radical (unpaired) electrons. The molecule has 0 spiro atoms. The highest BCUT2D eigenvalue weighted by Gasteiger charge is 2.19. The number of carbonyl (C=O) groups excluding carboxylic acids is 1. The van der Waals surface area contributed by atoms with E-state index in [1.54, 1.807) is 6.92 Å². The van der Waals surface area contributed by atoms with E-state index in [9.17, 15) is 4.79 Å². The summed E-state index contributed by atoms with van der Waals surface area (Å²) in [7, 11) is 0. The molecule has 1 rings (SSSR count). The van der Waals surface area contributed by atoms with Crippen molar-refractivity contribution in [3.05, 3.63) is 35.4 Å². The van der Waals surface area contributed by atoms with E-state index in [1.165, 1.54) is 36.8 Å². The maximum Gasteiger partial charge on any atom is 0.137 e. The van der Waals surface area contributed by atoms with Gasteiger partial charge in [0.25, 0.3) is 0 Å². The smallest absolute Gasteiger partial charge is 0.137 e. The molecule has 2 unspecified atom stereocenters. The van der Waals surface area contributed by atoms with Gasteiger partial charge in [-0.15, -0.1) is 0 Å². The average Bonchev–Trinajstić information content (AvgIpc) is 2.47. The van der Waals surface area contributed by atoms with Crippen molar-refractivity contribution < 1.29 is 4.79 Å². The molecule has 0 saturated heterocycles. The molecular formula is C20H34O. The van der Waals surface area contributed by atoms with Crippen LogP contribution in [0.1, 0.15) is 83.8 Å². The molecule has 0 fully saturated rings. The van der Waals surface area contributed by atoms with Crippen LogP contribution in [0.3, 0.4) is 0 Å². The second kappa shape index (κ2) is 11.5. The Labute approximate surface area is 132 Å². The van der Waals surface area contributed by atoms with Crippen LogP contribution >= 0.6 is 0 Å². The van der Waals surface area contributed by atoms with Crippen molar-refractivity contribution in [3.8, 4) is 0 Å². The Hall–Kier alpha value is -1.11. The van der Waals surface area contributed by atoms with Crippen LogP contribution in [0.2, 0.25) is 0 Å². The fourth-order valence-corrected chi connectivity index (χ4v) is 2.69. The lowest BCUT2D eigenvalue weighted by Crippen LogP contribution is -2.13. The van der Waals surface area contributed by atoms with Crippen molar-refractivity contribution in [2.75, 3.05) is 0 Å². The van der Waals surface area contributed by atoms with Crippen LogP contribution in [0.5, 0.6) is 0 Å². The minimum Gasteiger partial charge on any atom is -0.299 e. The van der Waals surface area contributed by atoms with Crippen molar-refractivity contribution >= 4 is 5.78 Å². The molecule has 21 heavy (non-hydrogen) atoms. The number of unbranched alkanes of at least 4 members (excludes halogenated alkanes) is 2. The molecule has 0 heterocycles. The second-order valence-corrected chi connectivity index (χ2v) is 5.91. The zero-order valence-corrected chi connectivity index (χ0v) is 14.9. The Morgan fingerprint density at radius 2 is 1.86 bits per heavy atom. The number of aryl methyl sites for hydroxylation is 1. The summed E-state index contributed by atoms with van der Waals surface area (Å²) in [6.45, 7) is 12.3. The van der Waals surface area contributed by atoms with E-state index in [4.69, 9.17) is 0 Å². The van der Waals surface area contributed by atoms with Gasteiger partial charge in [0.05, 0.1) is 0 Å². The van der Waals surface area contributed by atoms with Crippen molar-refractivity contribution in [2.24, 2.45) is 5.92 Å². The third-order valence-corrected chi connectivity index (χ3v) is 3.87. The van der Waals surface area contributed by atoms with Crippen LogP contribution in [0.4, 0.5) is 0 Å². The number of hydrogen-bond acceptors (Lipinski definition) is 1. The van der Waals surface area contributed by atoms with Gasteiger partial charge in [-0.25, -0.2) is 0 Å². The molecule has 0 N–H and O–H groups in total. The molecule has 1 heteroatoms. The number of carbonyl (C=O) groups is 1. The minimum absolute atomic E-state index is 0.0801. The first-order chi connectivity index (χ1) is 10.0. The van der Waals surface area contributed by atoms with E-state index in [2.05, 4.69) is 45.0 Å². The summed E-state index contributed by atoms with van der Waals surface area (Å²) in [6, 6.07) is 8.40. The number of Topliss-reactive ketones (excluding diaryl/α,β-unsaturated/α-hetero) is 1. The Morgan fingerprint density at radius 3 is 2.38 bits per heavy atom. The summed E-state index contributed by atoms with van der Waals surface area (Å²) < 4.78 is 0. The number of rotatable bonds is 8. The number of ketones is 1. The maximum absolute atomic E-state index is 11.9. The summed E-state index contributed by atoms with van der Waals surface area (Å²) in [5, 5.41) is 0. The summed E-state index contributed by atoms with van der Waals surface area (Å²) >= 11 is 0. The lowest BCUT2D eigenvalue weighted by atomic mass is 9.84. The second-order valence-electron chi connectivity index (χ2n) is 5.91. The molecule has 1 aromatic rings. The van der Waals surface area contributed by atoms with E-state index >= 15 is 0 Å². The number of benzene rings is 1. The van der Waals surface area contributed by atoms with Gasteiger partial charge in [0.15, 0.2) is 0 Å². The molecular weight excluding hydrogens is 256 g/mol. The van der Waals surface area contributed by atoms with Crippen LogP contribution in [0.15, 0.2) is 24.3 Å². The fraction of sp³-hybridized carbons (Fsp3) is 0.650. The molecule has 0 aliphatic rings. The fourth-order valence-electron chi connectivity index (χ4n) is 2.69. The van der Waals surface area contributed by atoms with Gasteiger partial charge in [-0.1, -0.05) is 83.2 Å². The van der Waals surface area contributed by atoms with Gasteiger partial charge in [-0.2, -0.15) is 0 Å². The lowest BCUT2D eigenvalue weighted by molar-refractivity contribution is -0.118. The first-order valence-electron chi connectivity index (χ1n) is 8.61. The predicted octanol–water partition coefficient (Wildman–Crippen LogP) is 6.30. The Morgan fingerprint density at radius 1 is 1.19 bits per heavy atom. The van der Waals surface area contributed by atoms with E-state index in [0.717, 1.165) is 6.42 Å². The molecule has 0 saturated carbocycles. The molecule has 0 aliphatic carbocycles. The van der Waals surface area contributed by atoms with Crippen LogP contribution in [-0.4, -0.2) is 5.78 Å². The Bertz CT molecular complexity index is 395. The van der Waals surface area contributed by atoms with Crippen LogP contribution in [0.25, 0.3) is 0 Å². The molecule has 2 atom stereocenters. The largest absolute Gasteiger partial charge is 0.299 e. The minimum atomic E-state index is 0.0801. The quantitative estimate of drug-likeness (QED) is 0.513. The van der Waals surface area contributed by atoms with Gasteiger partial charge in [0.1, 0.15) is 5.78 Å². The van der Waals surface area contributed by atoms with Gasteiger partial charge in [0, 0.05) is 5.92 Å². The van der Waals surface area contributed by atoms with Gasteiger partial charge in [0.2, 0.25) is 0 Å².